The first kappa shape index (κ1) is 16.0. The Balaban J connectivity index is 2.45. The van der Waals surface area contributed by atoms with Crippen molar-refractivity contribution in [2.24, 2.45) is 7.05 Å². The third-order valence-electron chi connectivity index (χ3n) is 3.36. The molecule has 5 nitrogen and oxygen atoms in total. The van der Waals surface area contributed by atoms with Crippen LogP contribution in [0.15, 0.2) is 27.6 Å². The molecule has 21 heavy (non-hydrogen) atoms. The SMILES string of the molecule is CCc1nn(C)c(CS(=O)(=O)c2ccc(N)cc2C)c1Br. The molecule has 0 unspecified atom stereocenters. The maximum absolute atomic E-state index is 12.6. The molecule has 2 N–H and O–H groups in total. The monoisotopic (exact) mass is 371 g/mol. The Labute approximate surface area is 133 Å². The molecule has 0 aliphatic rings. The van der Waals surface area contributed by atoms with Gasteiger partial charge in [0.1, 0.15) is 0 Å². The second-order valence-corrected chi connectivity index (χ2v) is 7.72. The summed E-state index contributed by atoms with van der Waals surface area (Å²) in [5, 5.41) is 4.33. The molecule has 0 aliphatic heterocycles. The highest BCUT2D eigenvalue weighted by Gasteiger charge is 2.23. The Bertz CT molecular complexity index is 782. The number of nitrogens with two attached hydrogens (primary N) is 1. The largest absolute Gasteiger partial charge is 0.399 e. The van der Waals surface area contributed by atoms with Crippen LogP contribution in [0.1, 0.15) is 23.9 Å². The molecule has 0 saturated carbocycles. The fraction of sp³-hybridized carbons (Fsp3) is 0.357. The van der Waals surface area contributed by atoms with E-state index < -0.39 is 9.84 Å². The zero-order valence-corrected chi connectivity index (χ0v) is 14.6. The van der Waals surface area contributed by atoms with Gasteiger partial charge < -0.3 is 5.73 Å². The van der Waals surface area contributed by atoms with Gasteiger partial charge in [-0.2, -0.15) is 5.10 Å². The normalized spacial score (nSPS) is 11.8. The maximum Gasteiger partial charge on any atom is 0.184 e. The molecule has 2 aromatic rings. The fourth-order valence-corrected chi connectivity index (χ4v) is 4.87. The van der Waals surface area contributed by atoms with E-state index in [1.165, 1.54) is 0 Å². The number of anilines is 1. The number of hydrogen-bond donors (Lipinski definition) is 1. The molecular weight excluding hydrogens is 354 g/mol. The lowest BCUT2D eigenvalue weighted by Gasteiger charge is -2.09. The molecule has 0 bridgehead atoms. The second-order valence-electron chi connectivity index (χ2n) is 4.97. The highest BCUT2D eigenvalue weighted by atomic mass is 79.9. The fourth-order valence-electron chi connectivity index (χ4n) is 2.26. The van der Waals surface area contributed by atoms with Crippen LogP contribution >= 0.6 is 15.9 Å². The molecule has 1 heterocycles. The van der Waals surface area contributed by atoms with Gasteiger partial charge in [0.15, 0.2) is 9.84 Å². The lowest BCUT2D eigenvalue weighted by molar-refractivity contribution is 0.591. The van der Waals surface area contributed by atoms with Crippen LogP contribution in [-0.4, -0.2) is 18.2 Å². The van der Waals surface area contributed by atoms with Crippen LogP contribution in [0.3, 0.4) is 0 Å². The van der Waals surface area contributed by atoms with E-state index >= 15 is 0 Å². The predicted molar refractivity (Wildman–Crippen MR) is 86.8 cm³/mol. The van der Waals surface area contributed by atoms with Gasteiger partial charge in [0.2, 0.25) is 0 Å². The Morgan fingerprint density at radius 2 is 2.05 bits per heavy atom. The van der Waals surface area contributed by atoms with Gasteiger partial charge in [0, 0.05) is 12.7 Å². The second kappa shape index (κ2) is 5.81. The molecule has 0 radical (unpaired) electrons. The van der Waals surface area contributed by atoms with Gasteiger partial charge in [-0.25, -0.2) is 8.42 Å². The molecule has 1 aromatic heterocycles. The Morgan fingerprint density at radius 1 is 1.38 bits per heavy atom. The van der Waals surface area contributed by atoms with E-state index in [-0.39, 0.29) is 5.75 Å². The van der Waals surface area contributed by atoms with E-state index in [1.54, 1.807) is 36.9 Å². The molecular formula is C14H18BrN3O2S. The van der Waals surface area contributed by atoms with Crippen LogP contribution in [-0.2, 0) is 29.1 Å². The molecule has 1 aromatic carbocycles. The Hall–Kier alpha value is -1.34. The Kier molecular flexibility index (Phi) is 4.43. The van der Waals surface area contributed by atoms with Crippen molar-refractivity contribution in [2.75, 3.05) is 5.73 Å². The number of sulfone groups is 1. The van der Waals surface area contributed by atoms with E-state index in [0.717, 1.165) is 16.6 Å². The zero-order valence-electron chi connectivity index (χ0n) is 12.2. The Morgan fingerprint density at radius 3 is 2.57 bits per heavy atom. The predicted octanol–water partition coefficient (Wildman–Crippen LogP) is 2.61. The molecule has 0 atom stereocenters. The van der Waals surface area contributed by atoms with Crippen molar-refractivity contribution in [3.8, 4) is 0 Å². The summed E-state index contributed by atoms with van der Waals surface area (Å²) in [4.78, 5) is 0.308. The molecule has 0 spiro atoms. The average molecular weight is 372 g/mol. The average Bonchev–Trinajstić information content (AvgIpc) is 2.65. The number of rotatable bonds is 4. The van der Waals surface area contributed by atoms with E-state index in [4.69, 9.17) is 5.73 Å². The smallest absolute Gasteiger partial charge is 0.184 e. The van der Waals surface area contributed by atoms with Crippen molar-refractivity contribution in [3.63, 3.8) is 0 Å². The maximum atomic E-state index is 12.6. The van der Waals surface area contributed by atoms with E-state index in [1.807, 2.05) is 6.92 Å². The van der Waals surface area contributed by atoms with Crippen LogP contribution in [0.2, 0.25) is 0 Å². The van der Waals surface area contributed by atoms with Crippen LogP contribution < -0.4 is 5.73 Å². The van der Waals surface area contributed by atoms with Crippen molar-refractivity contribution in [1.82, 2.24) is 9.78 Å². The highest BCUT2D eigenvalue weighted by molar-refractivity contribution is 9.10. The minimum Gasteiger partial charge on any atom is -0.399 e. The standard InChI is InChI=1S/C14H18BrN3O2S/c1-4-11-14(15)12(18(3)17-11)8-21(19,20)13-6-5-10(16)7-9(13)2/h5-7H,4,8,16H2,1-3H3. The van der Waals surface area contributed by atoms with Crippen LogP contribution in [0, 0.1) is 6.92 Å². The van der Waals surface area contributed by atoms with Gasteiger partial charge in [0.25, 0.3) is 0 Å². The minimum absolute atomic E-state index is 0.0954. The highest BCUT2D eigenvalue weighted by Crippen LogP contribution is 2.27. The van der Waals surface area contributed by atoms with Crippen LogP contribution in [0.4, 0.5) is 5.69 Å². The van der Waals surface area contributed by atoms with Gasteiger partial charge >= 0.3 is 0 Å². The topological polar surface area (TPSA) is 78.0 Å². The molecule has 0 amide bonds. The number of aromatic nitrogens is 2. The van der Waals surface area contributed by atoms with E-state index in [9.17, 15) is 8.42 Å². The first-order valence-corrected chi connectivity index (χ1v) is 9.00. The summed E-state index contributed by atoms with van der Waals surface area (Å²) in [5.74, 6) is -0.0954. The summed E-state index contributed by atoms with van der Waals surface area (Å²) >= 11 is 3.45. The number of nitrogens with zero attached hydrogens (tertiary/aromatic N) is 2. The summed E-state index contributed by atoms with van der Waals surface area (Å²) in [6.07, 6.45) is 0.745. The quantitative estimate of drug-likeness (QED) is 0.837. The number of halogens is 1. The van der Waals surface area contributed by atoms with Gasteiger partial charge in [-0.15, -0.1) is 0 Å². The van der Waals surface area contributed by atoms with Gasteiger partial charge in [-0.3, -0.25) is 4.68 Å². The molecule has 114 valence electrons. The van der Waals surface area contributed by atoms with Crippen molar-refractivity contribution >= 4 is 31.5 Å². The van der Waals surface area contributed by atoms with E-state index in [2.05, 4.69) is 21.0 Å². The first-order valence-electron chi connectivity index (χ1n) is 6.55. The van der Waals surface area contributed by atoms with Crippen LogP contribution in [0.5, 0.6) is 0 Å². The van der Waals surface area contributed by atoms with Gasteiger partial charge in [-0.05, 0) is 53.0 Å². The van der Waals surface area contributed by atoms with Crippen molar-refractivity contribution in [3.05, 3.63) is 39.6 Å². The minimum atomic E-state index is -3.45. The lowest BCUT2D eigenvalue weighted by atomic mass is 10.2. The summed E-state index contributed by atoms with van der Waals surface area (Å²) < 4.78 is 27.7. The van der Waals surface area contributed by atoms with Gasteiger partial charge in [-0.1, -0.05) is 6.92 Å². The molecule has 0 fully saturated rings. The molecule has 7 heteroatoms. The first-order chi connectivity index (χ1) is 9.76. The molecule has 2 rings (SSSR count). The van der Waals surface area contributed by atoms with Crippen molar-refractivity contribution < 1.29 is 8.42 Å². The lowest BCUT2D eigenvalue weighted by Crippen LogP contribution is -2.10. The summed E-state index contributed by atoms with van der Waals surface area (Å²) in [6, 6.07) is 4.84. The van der Waals surface area contributed by atoms with Crippen LogP contribution in [0.25, 0.3) is 0 Å². The summed E-state index contributed by atoms with van der Waals surface area (Å²) in [5.41, 5.74) is 8.40. The van der Waals surface area contributed by atoms with Gasteiger partial charge in [0.05, 0.1) is 26.5 Å². The zero-order chi connectivity index (χ0) is 15.8. The number of aryl methyl sites for hydroxylation is 3. The number of benzene rings is 1. The molecule has 0 aliphatic carbocycles. The number of nitrogen functional groups attached to an aromatic ring is 1. The van der Waals surface area contributed by atoms with Crippen molar-refractivity contribution in [2.45, 2.75) is 30.9 Å². The van der Waals surface area contributed by atoms with Crippen molar-refractivity contribution in [1.29, 1.82) is 0 Å². The third kappa shape index (κ3) is 3.13. The third-order valence-corrected chi connectivity index (χ3v) is 6.06. The molecule has 0 saturated heterocycles. The van der Waals surface area contributed by atoms with E-state index in [0.29, 0.717) is 21.8 Å². The number of hydrogen-bond acceptors (Lipinski definition) is 4. The summed E-state index contributed by atoms with van der Waals surface area (Å²) in [6.45, 7) is 3.73. The summed E-state index contributed by atoms with van der Waals surface area (Å²) in [7, 11) is -1.69.